The third kappa shape index (κ3) is 4.52. The van der Waals surface area contributed by atoms with Crippen LogP contribution in [0.3, 0.4) is 0 Å². The van der Waals surface area contributed by atoms with Gasteiger partial charge in [0.05, 0.1) is 0 Å². The quantitative estimate of drug-likeness (QED) is 0.722. The Morgan fingerprint density at radius 2 is 2.12 bits per heavy atom. The fourth-order valence-corrected chi connectivity index (χ4v) is 2.11. The van der Waals surface area contributed by atoms with E-state index >= 15 is 0 Å². The lowest BCUT2D eigenvalue weighted by molar-refractivity contribution is -0.133. The van der Waals surface area contributed by atoms with Gasteiger partial charge < -0.3 is 10.6 Å². The molecule has 0 bridgehead atoms. The van der Waals surface area contributed by atoms with E-state index in [-0.39, 0.29) is 0 Å². The van der Waals surface area contributed by atoms with Crippen molar-refractivity contribution in [3.05, 3.63) is 0 Å². The molecule has 1 fully saturated rings. The van der Waals surface area contributed by atoms with E-state index in [0.717, 1.165) is 25.9 Å². The maximum atomic E-state index is 12.1. The van der Waals surface area contributed by atoms with E-state index in [1.165, 1.54) is 19.3 Å². The molecule has 0 unspecified atom stereocenters. The molecule has 3 nitrogen and oxygen atoms in total. The number of hydrogen-bond acceptors (Lipinski definition) is 2. The molecule has 0 radical (unpaired) electrons. The maximum Gasteiger partial charge on any atom is 0.222 e. The monoisotopic (exact) mass is 226 g/mol. The highest BCUT2D eigenvalue weighted by atomic mass is 16.2. The molecule has 0 aliphatic heterocycles. The van der Waals surface area contributed by atoms with Crippen LogP contribution in [-0.2, 0) is 4.79 Å². The van der Waals surface area contributed by atoms with E-state index in [1.54, 1.807) is 0 Å². The van der Waals surface area contributed by atoms with Gasteiger partial charge in [0.15, 0.2) is 0 Å². The standard InChI is InChI=1S/C13H26N2O/c1-11(2)10-15(8-4-7-14)13(16)9-12-5-3-6-12/h11-12H,3-10,14H2,1-2H3. The van der Waals surface area contributed by atoms with Crippen LogP contribution in [0, 0.1) is 11.8 Å². The zero-order chi connectivity index (χ0) is 12.0. The van der Waals surface area contributed by atoms with Crippen LogP contribution in [0.4, 0.5) is 0 Å². The van der Waals surface area contributed by atoms with E-state index in [0.29, 0.717) is 24.3 Å². The molecule has 0 aromatic rings. The molecule has 1 saturated carbocycles. The molecule has 0 heterocycles. The summed E-state index contributed by atoms with van der Waals surface area (Å²) in [7, 11) is 0. The van der Waals surface area contributed by atoms with Gasteiger partial charge in [-0.15, -0.1) is 0 Å². The van der Waals surface area contributed by atoms with Crippen molar-refractivity contribution in [1.29, 1.82) is 0 Å². The lowest BCUT2D eigenvalue weighted by Gasteiger charge is -2.30. The molecular weight excluding hydrogens is 200 g/mol. The van der Waals surface area contributed by atoms with Crippen molar-refractivity contribution in [2.75, 3.05) is 19.6 Å². The van der Waals surface area contributed by atoms with E-state index in [1.807, 2.05) is 4.90 Å². The third-order valence-electron chi connectivity index (χ3n) is 3.26. The SMILES string of the molecule is CC(C)CN(CCCN)C(=O)CC1CCC1. The van der Waals surface area contributed by atoms with Crippen molar-refractivity contribution in [3.8, 4) is 0 Å². The zero-order valence-corrected chi connectivity index (χ0v) is 10.7. The highest BCUT2D eigenvalue weighted by Crippen LogP contribution is 2.29. The highest BCUT2D eigenvalue weighted by Gasteiger charge is 2.23. The Bertz CT molecular complexity index is 212. The van der Waals surface area contributed by atoms with Gasteiger partial charge in [-0.2, -0.15) is 0 Å². The molecule has 16 heavy (non-hydrogen) atoms. The molecule has 3 heteroatoms. The Hall–Kier alpha value is -0.570. The molecule has 0 atom stereocenters. The maximum absolute atomic E-state index is 12.1. The van der Waals surface area contributed by atoms with E-state index in [2.05, 4.69) is 13.8 Å². The Labute approximate surface area is 99.4 Å². The molecule has 2 N–H and O–H groups in total. The van der Waals surface area contributed by atoms with Gasteiger partial charge in [0.2, 0.25) is 5.91 Å². The smallest absolute Gasteiger partial charge is 0.222 e. The second kappa shape index (κ2) is 6.89. The first-order valence-corrected chi connectivity index (χ1v) is 6.61. The van der Waals surface area contributed by atoms with Gasteiger partial charge in [0, 0.05) is 19.5 Å². The molecule has 1 rings (SSSR count). The van der Waals surface area contributed by atoms with Gasteiger partial charge in [0.1, 0.15) is 0 Å². The second-order valence-corrected chi connectivity index (χ2v) is 5.38. The Kier molecular flexibility index (Phi) is 5.81. The average Bonchev–Trinajstić information content (AvgIpc) is 2.17. The number of rotatable bonds is 7. The summed E-state index contributed by atoms with van der Waals surface area (Å²) in [6.45, 7) is 6.70. The first-order chi connectivity index (χ1) is 7.63. The summed E-state index contributed by atoms with van der Waals surface area (Å²) >= 11 is 0. The molecule has 94 valence electrons. The van der Waals surface area contributed by atoms with Crippen LogP contribution in [0.1, 0.15) is 46.0 Å². The van der Waals surface area contributed by atoms with Crippen LogP contribution in [0.2, 0.25) is 0 Å². The minimum atomic E-state index is 0.340. The zero-order valence-electron chi connectivity index (χ0n) is 10.7. The Balaban J connectivity index is 2.35. The largest absolute Gasteiger partial charge is 0.342 e. The minimum Gasteiger partial charge on any atom is -0.342 e. The van der Waals surface area contributed by atoms with Crippen LogP contribution >= 0.6 is 0 Å². The third-order valence-corrected chi connectivity index (χ3v) is 3.26. The molecule has 1 aliphatic rings. The van der Waals surface area contributed by atoms with Crippen molar-refractivity contribution in [2.24, 2.45) is 17.6 Å². The Morgan fingerprint density at radius 1 is 1.44 bits per heavy atom. The van der Waals surface area contributed by atoms with E-state index < -0.39 is 0 Å². The van der Waals surface area contributed by atoms with Gasteiger partial charge in [0.25, 0.3) is 0 Å². The van der Waals surface area contributed by atoms with Crippen LogP contribution < -0.4 is 5.73 Å². The molecular formula is C13H26N2O. The van der Waals surface area contributed by atoms with Gasteiger partial charge in [-0.25, -0.2) is 0 Å². The summed E-state index contributed by atoms with van der Waals surface area (Å²) in [6, 6.07) is 0. The summed E-state index contributed by atoms with van der Waals surface area (Å²) in [5, 5.41) is 0. The lowest BCUT2D eigenvalue weighted by atomic mass is 9.82. The highest BCUT2D eigenvalue weighted by molar-refractivity contribution is 5.76. The lowest BCUT2D eigenvalue weighted by Crippen LogP contribution is -2.37. The van der Waals surface area contributed by atoms with Crippen molar-refractivity contribution in [1.82, 2.24) is 4.90 Å². The topological polar surface area (TPSA) is 46.3 Å². The number of amides is 1. The summed E-state index contributed by atoms with van der Waals surface area (Å²) < 4.78 is 0. The summed E-state index contributed by atoms with van der Waals surface area (Å²) in [6.07, 6.45) is 5.49. The molecule has 0 aromatic carbocycles. The van der Waals surface area contributed by atoms with Crippen LogP contribution in [0.25, 0.3) is 0 Å². The van der Waals surface area contributed by atoms with Crippen molar-refractivity contribution < 1.29 is 4.79 Å². The van der Waals surface area contributed by atoms with Crippen molar-refractivity contribution in [3.63, 3.8) is 0 Å². The van der Waals surface area contributed by atoms with Gasteiger partial charge in [-0.3, -0.25) is 4.79 Å². The number of nitrogens with zero attached hydrogens (tertiary/aromatic N) is 1. The summed E-state index contributed by atoms with van der Waals surface area (Å²) in [4.78, 5) is 14.1. The van der Waals surface area contributed by atoms with Crippen LogP contribution in [0.15, 0.2) is 0 Å². The van der Waals surface area contributed by atoms with Gasteiger partial charge >= 0.3 is 0 Å². The fourth-order valence-electron chi connectivity index (χ4n) is 2.11. The molecule has 1 aliphatic carbocycles. The molecule has 1 amide bonds. The molecule has 0 aromatic heterocycles. The number of carbonyl (C=O) groups is 1. The number of carbonyl (C=O) groups excluding carboxylic acids is 1. The van der Waals surface area contributed by atoms with Crippen molar-refractivity contribution in [2.45, 2.75) is 46.0 Å². The normalized spacial score (nSPS) is 16.2. The first-order valence-electron chi connectivity index (χ1n) is 6.61. The average molecular weight is 226 g/mol. The van der Waals surface area contributed by atoms with Gasteiger partial charge in [-0.05, 0) is 37.6 Å². The van der Waals surface area contributed by atoms with E-state index in [9.17, 15) is 4.79 Å². The summed E-state index contributed by atoms with van der Waals surface area (Å²) in [5.74, 6) is 1.55. The molecule has 0 saturated heterocycles. The first kappa shape index (κ1) is 13.5. The van der Waals surface area contributed by atoms with Gasteiger partial charge in [-0.1, -0.05) is 20.3 Å². The van der Waals surface area contributed by atoms with Crippen LogP contribution in [0.5, 0.6) is 0 Å². The number of hydrogen-bond donors (Lipinski definition) is 1. The minimum absolute atomic E-state index is 0.340. The summed E-state index contributed by atoms with van der Waals surface area (Å²) in [5.41, 5.74) is 5.51. The van der Waals surface area contributed by atoms with Crippen LogP contribution in [-0.4, -0.2) is 30.4 Å². The predicted molar refractivity (Wildman–Crippen MR) is 67.0 cm³/mol. The fraction of sp³-hybridized carbons (Fsp3) is 0.923. The predicted octanol–water partition coefficient (Wildman–Crippen LogP) is 2.01. The van der Waals surface area contributed by atoms with E-state index in [4.69, 9.17) is 5.73 Å². The molecule has 0 spiro atoms. The van der Waals surface area contributed by atoms with Crippen molar-refractivity contribution >= 4 is 5.91 Å². The Morgan fingerprint density at radius 3 is 2.56 bits per heavy atom. The number of nitrogens with two attached hydrogens (primary N) is 1. The second-order valence-electron chi connectivity index (χ2n) is 5.38.